The first-order valence-corrected chi connectivity index (χ1v) is 7.02. The Bertz CT molecular complexity index is 816. The molecule has 1 aromatic heterocycles. The third-order valence-electron chi connectivity index (χ3n) is 3.40. The van der Waals surface area contributed by atoms with E-state index in [1.54, 1.807) is 30.3 Å². The molecule has 1 N–H and O–H groups in total. The van der Waals surface area contributed by atoms with E-state index in [4.69, 9.17) is 16.0 Å². The molecule has 3 aromatic rings. The molecule has 0 saturated carbocycles. The van der Waals surface area contributed by atoms with Crippen LogP contribution in [0.5, 0.6) is 5.75 Å². The minimum Gasteiger partial charge on any atom is -0.508 e. The number of ketones is 1. The van der Waals surface area contributed by atoms with E-state index >= 15 is 0 Å². The molecule has 0 atom stereocenters. The molecule has 0 aliphatic rings. The summed E-state index contributed by atoms with van der Waals surface area (Å²) >= 11 is 6.03. The topological polar surface area (TPSA) is 50.4 Å². The molecule has 0 bridgehead atoms. The standard InChI is InChI=1S/C17H13ClO3/c1-2-14-16(13-9-11(18)5-8-15(13)21-14)17(20)10-3-6-12(19)7-4-10/h3-9,19H,2H2,1H3. The molecular weight excluding hydrogens is 288 g/mol. The highest BCUT2D eigenvalue weighted by Crippen LogP contribution is 2.31. The van der Waals surface area contributed by atoms with E-state index in [2.05, 4.69) is 0 Å². The molecule has 1 heterocycles. The van der Waals surface area contributed by atoms with Gasteiger partial charge in [0.15, 0.2) is 5.78 Å². The van der Waals surface area contributed by atoms with Crippen LogP contribution in [0.15, 0.2) is 46.9 Å². The maximum absolute atomic E-state index is 12.7. The van der Waals surface area contributed by atoms with Crippen molar-refractivity contribution in [2.75, 3.05) is 0 Å². The molecule has 106 valence electrons. The number of aryl methyl sites for hydroxylation is 1. The van der Waals surface area contributed by atoms with E-state index in [9.17, 15) is 9.90 Å². The van der Waals surface area contributed by atoms with Gasteiger partial charge in [-0.1, -0.05) is 18.5 Å². The van der Waals surface area contributed by atoms with Gasteiger partial charge in [-0.15, -0.1) is 0 Å². The number of aromatic hydroxyl groups is 1. The molecule has 3 rings (SSSR count). The third-order valence-corrected chi connectivity index (χ3v) is 3.64. The van der Waals surface area contributed by atoms with Gasteiger partial charge >= 0.3 is 0 Å². The number of furan rings is 1. The van der Waals surface area contributed by atoms with Gasteiger partial charge in [0.25, 0.3) is 0 Å². The van der Waals surface area contributed by atoms with Crippen LogP contribution in [0.2, 0.25) is 5.02 Å². The van der Waals surface area contributed by atoms with Crippen LogP contribution in [-0.2, 0) is 6.42 Å². The fraction of sp³-hybridized carbons (Fsp3) is 0.118. The zero-order chi connectivity index (χ0) is 15.0. The van der Waals surface area contributed by atoms with Crippen LogP contribution >= 0.6 is 11.6 Å². The van der Waals surface area contributed by atoms with Crippen molar-refractivity contribution in [3.63, 3.8) is 0 Å². The molecule has 0 aliphatic heterocycles. The van der Waals surface area contributed by atoms with Crippen LogP contribution in [0.3, 0.4) is 0 Å². The van der Waals surface area contributed by atoms with Gasteiger partial charge in [-0.25, -0.2) is 0 Å². The highest BCUT2D eigenvalue weighted by atomic mass is 35.5. The van der Waals surface area contributed by atoms with Crippen LogP contribution in [0.25, 0.3) is 11.0 Å². The monoisotopic (exact) mass is 300 g/mol. The second-order valence-corrected chi connectivity index (χ2v) is 5.21. The molecule has 0 spiro atoms. The summed E-state index contributed by atoms with van der Waals surface area (Å²) < 4.78 is 5.74. The van der Waals surface area contributed by atoms with Gasteiger partial charge in [-0.2, -0.15) is 0 Å². The SMILES string of the molecule is CCc1oc2ccc(Cl)cc2c1C(=O)c1ccc(O)cc1. The van der Waals surface area contributed by atoms with Gasteiger partial charge in [-0.3, -0.25) is 4.79 Å². The van der Waals surface area contributed by atoms with Crippen LogP contribution in [0.1, 0.15) is 28.6 Å². The number of halogens is 1. The van der Waals surface area contributed by atoms with Crippen molar-refractivity contribution in [1.29, 1.82) is 0 Å². The van der Waals surface area contributed by atoms with E-state index in [1.807, 2.05) is 6.92 Å². The second-order valence-electron chi connectivity index (χ2n) is 4.77. The predicted molar refractivity (Wildman–Crippen MR) is 82.1 cm³/mol. The van der Waals surface area contributed by atoms with Crippen molar-refractivity contribution in [3.05, 3.63) is 64.4 Å². The first-order chi connectivity index (χ1) is 10.1. The van der Waals surface area contributed by atoms with Crippen molar-refractivity contribution < 1.29 is 14.3 Å². The van der Waals surface area contributed by atoms with Gasteiger partial charge in [0, 0.05) is 22.4 Å². The lowest BCUT2D eigenvalue weighted by molar-refractivity contribution is 0.103. The maximum Gasteiger partial charge on any atom is 0.197 e. The zero-order valence-electron chi connectivity index (χ0n) is 11.4. The minimum atomic E-state index is -0.132. The molecule has 21 heavy (non-hydrogen) atoms. The average molecular weight is 301 g/mol. The Morgan fingerprint density at radius 1 is 1.19 bits per heavy atom. The fourth-order valence-corrected chi connectivity index (χ4v) is 2.55. The number of phenols is 1. The van der Waals surface area contributed by atoms with Gasteiger partial charge in [0.1, 0.15) is 17.1 Å². The summed E-state index contributed by atoms with van der Waals surface area (Å²) in [4.78, 5) is 12.7. The quantitative estimate of drug-likeness (QED) is 0.720. The van der Waals surface area contributed by atoms with Gasteiger partial charge < -0.3 is 9.52 Å². The highest BCUT2D eigenvalue weighted by Gasteiger charge is 2.21. The number of carbonyl (C=O) groups is 1. The van der Waals surface area contributed by atoms with E-state index in [1.165, 1.54) is 12.1 Å². The molecule has 0 fully saturated rings. The molecule has 0 saturated heterocycles. The number of rotatable bonds is 3. The smallest absolute Gasteiger partial charge is 0.197 e. The van der Waals surface area contributed by atoms with Crippen LogP contribution in [-0.4, -0.2) is 10.9 Å². The summed E-state index contributed by atoms with van der Waals surface area (Å²) in [6, 6.07) is 11.4. The fourth-order valence-electron chi connectivity index (χ4n) is 2.38. The van der Waals surface area contributed by atoms with Crippen molar-refractivity contribution in [1.82, 2.24) is 0 Å². The lowest BCUT2D eigenvalue weighted by atomic mass is 9.99. The first-order valence-electron chi connectivity index (χ1n) is 6.65. The predicted octanol–water partition coefficient (Wildman–Crippen LogP) is 4.59. The van der Waals surface area contributed by atoms with E-state index in [0.717, 1.165) is 5.39 Å². The number of phenolic OH excluding ortho intramolecular Hbond substituents is 1. The molecule has 3 nitrogen and oxygen atoms in total. The number of benzene rings is 2. The Hall–Kier alpha value is -2.26. The third kappa shape index (κ3) is 2.41. The number of hydrogen-bond donors (Lipinski definition) is 1. The Labute approximate surface area is 126 Å². The van der Waals surface area contributed by atoms with Gasteiger partial charge in [0.2, 0.25) is 0 Å². The van der Waals surface area contributed by atoms with Gasteiger partial charge in [0.05, 0.1) is 5.56 Å². The number of hydrogen-bond acceptors (Lipinski definition) is 3. The summed E-state index contributed by atoms with van der Waals surface area (Å²) in [6.07, 6.45) is 0.617. The van der Waals surface area contributed by atoms with Crippen LogP contribution in [0.4, 0.5) is 0 Å². The molecule has 2 aromatic carbocycles. The number of fused-ring (bicyclic) bond motifs is 1. The summed E-state index contributed by atoms with van der Waals surface area (Å²) in [6.45, 7) is 1.94. The van der Waals surface area contributed by atoms with Crippen molar-refractivity contribution in [2.24, 2.45) is 0 Å². The molecule has 4 heteroatoms. The van der Waals surface area contributed by atoms with Crippen molar-refractivity contribution in [2.45, 2.75) is 13.3 Å². The van der Waals surface area contributed by atoms with Crippen LogP contribution < -0.4 is 0 Å². The largest absolute Gasteiger partial charge is 0.508 e. The summed E-state index contributed by atoms with van der Waals surface area (Å²) in [5.41, 5.74) is 1.70. The Kier molecular flexibility index (Phi) is 3.43. The summed E-state index contributed by atoms with van der Waals surface area (Å²) in [5.74, 6) is 0.639. The molecule has 0 radical (unpaired) electrons. The lowest BCUT2D eigenvalue weighted by Gasteiger charge is -2.02. The summed E-state index contributed by atoms with van der Waals surface area (Å²) in [7, 11) is 0. The van der Waals surface area contributed by atoms with E-state index in [0.29, 0.717) is 33.9 Å². The molecular formula is C17H13ClO3. The molecule has 0 unspecified atom stereocenters. The average Bonchev–Trinajstić information content (AvgIpc) is 2.85. The molecule has 0 aliphatic carbocycles. The first kappa shape index (κ1) is 13.7. The number of carbonyl (C=O) groups excluding carboxylic acids is 1. The second kappa shape index (κ2) is 5.26. The summed E-state index contributed by atoms with van der Waals surface area (Å²) in [5, 5.41) is 10.6. The lowest BCUT2D eigenvalue weighted by Crippen LogP contribution is -2.03. The highest BCUT2D eigenvalue weighted by molar-refractivity contribution is 6.31. The minimum absolute atomic E-state index is 0.127. The zero-order valence-corrected chi connectivity index (χ0v) is 12.1. The van der Waals surface area contributed by atoms with E-state index in [-0.39, 0.29) is 11.5 Å². The van der Waals surface area contributed by atoms with Crippen molar-refractivity contribution >= 4 is 28.4 Å². The maximum atomic E-state index is 12.7. The Morgan fingerprint density at radius 2 is 1.90 bits per heavy atom. The Morgan fingerprint density at radius 3 is 2.57 bits per heavy atom. The van der Waals surface area contributed by atoms with Crippen molar-refractivity contribution in [3.8, 4) is 5.75 Å². The van der Waals surface area contributed by atoms with Crippen LogP contribution in [0, 0.1) is 0 Å². The normalized spacial score (nSPS) is 11.0. The molecule has 0 amide bonds. The Balaban J connectivity index is 2.20. The van der Waals surface area contributed by atoms with E-state index < -0.39 is 0 Å². The van der Waals surface area contributed by atoms with Gasteiger partial charge in [-0.05, 0) is 42.5 Å².